The molecule has 0 aliphatic rings. The fourth-order valence-corrected chi connectivity index (χ4v) is 3.11. The first-order valence-electron chi connectivity index (χ1n) is 7.88. The van der Waals surface area contributed by atoms with Gasteiger partial charge in [0.2, 0.25) is 0 Å². The molecule has 1 aromatic heterocycles. The number of H-pyrrole nitrogens is 1. The summed E-state index contributed by atoms with van der Waals surface area (Å²) in [5, 5.41) is 0.903. The Morgan fingerprint density at radius 2 is 1.36 bits per heavy atom. The Balaban J connectivity index is 2.01. The summed E-state index contributed by atoms with van der Waals surface area (Å²) in [7, 11) is 0. The zero-order valence-electron chi connectivity index (χ0n) is 13.1. The molecule has 4 rings (SSSR count). The predicted molar refractivity (Wildman–Crippen MR) is 94.2 cm³/mol. The Hall–Kier alpha value is -3.01. The van der Waals surface area contributed by atoms with E-state index in [2.05, 4.69) is 4.98 Å². The highest BCUT2D eigenvalue weighted by atomic mass is 19.4. The summed E-state index contributed by atoms with van der Waals surface area (Å²) < 4.78 is 39.4. The van der Waals surface area contributed by atoms with Crippen LogP contribution in [0.3, 0.4) is 0 Å². The number of benzene rings is 3. The third-order valence-electron chi connectivity index (χ3n) is 4.25. The SMILES string of the molecule is FC(F)(F)c1cccc(-c2c(-c3ccccc3)[nH]c3ccccc23)c1. The van der Waals surface area contributed by atoms with Crippen LogP contribution in [0.1, 0.15) is 5.56 Å². The number of para-hydroxylation sites is 1. The molecule has 0 aliphatic carbocycles. The van der Waals surface area contributed by atoms with Crippen molar-refractivity contribution >= 4 is 10.9 Å². The second kappa shape index (κ2) is 5.81. The molecular weight excluding hydrogens is 323 g/mol. The third kappa shape index (κ3) is 2.80. The highest BCUT2D eigenvalue weighted by Gasteiger charge is 2.30. The average molecular weight is 337 g/mol. The molecule has 0 aliphatic heterocycles. The molecule has 1 heterocycles. The standard InChI is InChI=1S/C21H14F3N/c22-21(23,24)16-10-6-9-15(13-16)19-17-11-4-5-12-18(17)25-20(19)14-7-2-1-3-8-14/h1-13,25H. The first kappa shape index (κ1) is 15.5. The first-order valence-corrected chi connectivity index (χ1v) is 7.88. The van der Waals surface area contributed by atoms with Crippen molar-refractivity contribution in [2.24, 2.45) is 0 Å². The van der Waals surface area contributed by atoms with Gasteiger partial charge >= 0.3 is 6.18 Å². The van der Waals surface area contributed by atoms with Gasteiger partial charge in [0.15, 0.2) is 0 Å². The Morgan fingerprint density at radius 3 is 2.12 bits per heavy atom. The highest BCUT2D eigenvalue weighted by molar-refractivity contribution is 6.03. The molecule has 4 heteroatoms. The molecule has 0 unspecified atom stereocenters. The van der Waals surface area contributed by atoms with E-state index in [1.54, 1.807) is 6.07 Å². The molecule has 0 saturated carbocycles. The molecule has 0 amide bonds. The molecule has 0 fully saturated rings. The van der Waals surface area contributed by atoms with Crippen LogP contribution in [0.4, 0.5) is 13.2 Å². The van der Waals surface area contributed by atoms with E-state index in [0.29, 0.717) is 5.56 Å². The number of aromatic amines is 1. The number of hydrogen-bond acceptors (Lipinski definition) is 0. The van der Waals surface area contributed by atoms with Crippen molar-refractivity contribution in [2.45, 2.75) is 6.18 Å². The van der Waals surface area contributed by atoms with Gasteiger partial charge in [0, 0.05) is 16.5 Å². The molecule has 0 radical (unpaired) electrons. The van der Waals surface area contributed by atoms with E-state index in [4.69, 9.17) is 0 Å². The highest BCUT2D eigenvalue weighted by Crippen LogP contribution is 2.40. The number of rotatable bonds is 2. The Bertz CT molecular complexity index is 1030. The lowest BCUT2D eigenvalue weighted by Gasteiger charge is -2.10. The van der Waals surface area contributed by atoms with E-state index in [-0.39, 0.29) is 0 Å². The van der Waals surface area contributed by atoms with E-state index in [1.165, 1.54) is 12.1 Å². The van der Waals surface area contributed by atoms with Crippen molar-refractivity contribution in [1.82, 2.24) is 4.98 Å². The molecule has 3 aromatic carbocycles. The summed E-state index contributed by atoms with van der Waals surface area (Å²) in [6.45, 7) is 0. The van der Waals surface area contributed by atoms with Gasteiger partial charge in [-0.1, -0.05) is 60.7 Å². The number of fused-ring (bicyclic) bond motifs is 1. The number of nitrogens with one attached hydrogen (secondary N) is 1. The van der Waals surface area contributed by atoms with Crippen molar-refractivity contribution in [2.75, 3.05) is 0 Å². The lowest BCUT2D eigenvalue weighted by atomic mass is 9.97. The minimum absolute atomic E-state index is 0.547. The maximum absolute atomic E-state index is 13.1. The van der Waals surface area contributed by atoms with Crippen LogP contribution in [0.15, 0.2) is 78.9 Å². The summed E-state index contributed by atoms with van der Waals surface area (Å²) >= 11 is 0. The number of alkyl halides is 3. The monoisotopic (exact) mass is 337 g/mol. The molecule has 0 saturated heterocycles. The van der Waals surface area contributed by atoms with Crippen molar-refractivity contribution < 1.29 is 13.2 Å². The van der Waals surface area contributed by atoms with Crippen molar-refractivity contribution in [3.63, 3.8) is 0 Å². The average Bonchev–Trinajstić information content (AvgIpc) is 3.01. The van der Waals surface area contributed by atoms with Crippen LogP contribution in [-0.4, -0.2) is 4.98 Å². The number of hydrogen-bond donors (Lipinski definition) is 1. The molecule has 0 spiro atoms. The minimum Gasteiger partial charge on any atom is -0.354 e. The van der Waals surface area contributed by atoms with Crippen molar-refractivity contribution in [1.29, 1.82) is 0 Å². The van der Waals surface area contributed by atoms with Crippen LogP contribution in [0.5, 0.6) is 0 Å². The van der Waals surface area contributed by atoms with E-state index >= 15 is 0 Å². The van der Waals surface area contributed by atoms with Gasteiger partial charge in [-0.3, -0.25) is 0 Å². The maximum atomic E-state index is 13.1. The molecule has 1 N–H and O–H groups in total. The van der Waals surface area contributed by atoms with Crippen LogP contribution < -0.4 is 0 Å². The Morgan fingerprint density at radius 1 is 0.680 bits per heavy atom. The summed E-state index contributed by atoms with van der Waals surface area (Å²) in [6.07, 6.45) is -4.37. The van der Waals surface area contributed by atoms with Gasteiger partial charge < -0.3 is 4.98 Å². The summed E-state index contributed by atoms with van der Waals surface area (Å²) in [6, 6.07) is 22.8. The zero-order valence-corrected chi connectivity index (χ0v) is 13.1. The minimum atomic E-state index is -4.37. The van der Waals surface area contributed by atoms with Gasteiger partial charge in [0.05, 0.1) is 11.3 Å². The fraction of sp³-hybridized carbons (Fsp3) is 0.0476. The summed E-state index contributed by atoms with van der Waals surface area (Å²) in [5.41, 5.74) is 3.34. The maximum Gasteiger partial charge on any atom is 0.416 e. The van der Waals surface area contributed by atoms with Crippen LogP contribution >= 0.6 is 0 Å². The normalized spacial score (nSPS) is 11.8. The van der Waals surface area contributed by atoms with E-state index in [0.717, 1.165) is 33.8 Å². The van der Waals surface area contributed by atoms with Crippen molar-refractivity contribution in [3.05, 3.63) is 84.4 Å². The fourth-order valence-electron chi connectivity index (χ4n) is 3.11. The zero-order chi connectivity index (χ0) is 17.4. The van der Waals surface area contributed by atoms with Crippen LogP contribution in [0.25, 0.3) is 33.3 Å². The quantitative estimate of drug-likeness (QED) is 0.428. The van der Waals surface area contributed by atoms with E-state index in [9.17, 15) is 13.2 Å². The largest absolute Gasteiger partial charge is 0.416 e. The van der Waals surface area contributed by atoms with Crippen LogP contribution in [0, 0.1) is 0 Å². The molecule has 25 heavy (non-hydrogen) atoms. The molecule has 4 aromatic rings. The smallest absolute Gasteiger partial charge is 0.354 e. The molecule has 124 valence electrons. The topological polar surface area (TPSA) is 15.8 Å². The Labute approximate surface area is 142 Å². The lowest BCUT2D eigenvalue weighted by Crippen LogP contribution is -2.04. The van der Waals surface area contributed by atoms with Crippen LogP contribution in [-0.2, 0) is 6.18 Å². The summed E-state index contributed by atoms with van der Waals surface area (Å²) in [4.78, 5) is 3.36. The third-order valence-corrected chi connectivity index (χ3v) is 4.25. The molecular formula is C21H14F3N. The van der Waals surface area contributed by atoms with Gasteiger partial charge in [0.25, 0.3) is 0 Å². The van der Waals surface area contributed by atoms with Gasteiger partial charge in [0.1, 0.15) is 0 Å². The predicted octanol–water partition coefficient (Wildman–Crippen LogP) is 6.52. The summed E-state index contributed by atoms with van der Waals surface area (Å²) in [5.74, 6) is 0. The van der Waals surface area contributed by atoms with Gasteiger partial charge in [-0.2, -0.15) is 13.2 Å². The molecule has 0 bridgehead atoms. The molecule has 1 nitrogen and oxygen atoms in total. The number of aromatic nitrogens is 1. The van der Waals surface area contributed by atoms with E-state index < -0.39 is 11.7 Å². The van der Waals surface area contributed by atoms with Gasteiger partial charge in [-0.05, 0) is 29.3 Å². The van der Waals surface area contributed by atoms with Crippen LogP contribution in [0.2, 0.25) is 0 Å². The molecule has 0 atom stereocenters. The Kier molecular flexibility index (Phi) is 3.61. The van der Waals surface area contributed by atoms with Crippen molar-refractivity contribution in [3.8, 4) is 22.4 Å². The second-order valence-electron chi connectivity index (χ2n) is 5.87. The van der Waals surface area contributed by atoms with E-state index in [1.807, 2.05) is 54.6 Å². The first-order chi connectivity index (χ1) is 12.0. The van der Waals surface area contributed by atoms with Gasteiger partial charge in [-0.25, -0.2) is 0 Å². The lowest BCUT2D eigenvalue weighted by molar-refractivity contribution is -0.137. The second-order valence-corrected chi connectivity index (χ2v) is 5.87. The van der Waals surface area contributed by atoms with Gasteiger partial charge in [-0.15, -0.1) is 0 Å². The number of halogens is 3.